The van der Waals surface area contributed by atoms with Gasteiger partial charge in [0.05, 0.1) is 13.7 Å². The van der Waals surface area contributed by atoms with Gasteiger partial charge in [-0.25, -0.2) is 0 Å². The number of hydrogen-bond donors (Lipinski definition) is 1. The maximum absolute atomic E-state index is 5.93. The van der Waals surface area contributed by atoms with Crippen molar-refractivity contribution in [2.75, 3.05) is 20.3 Å². The van der Waals surface area contributed by atoms with Crippen molar-refractivity contribution in [2.24, 2.45) is 5.73 Å². The van der Waals surface area contributed by atoms with Crippen LogP contribution in [0.3, 0.4) is 0 Å². The molecule has 0 bridgehead atoms. The van der Waals surface area contributed by atoms with Crippen LogP contribution in [-0.2, 0) is 0 Å². The van der Waals surface area contributed by atoms with Crippen LogP contribution in [0.15, 0.2) is 54.6 Å². The first-order chi connectivity index (χ1) is 10.3. The number of benzene rings is 2. The summed E-state index contributed by atoms with van der Waals surface area (Å²) < 4.78 is 11.1. The fraction of sp³-hybridized carbons (Fsp3) is 0.333. The van der Waals surface area contributed by atoms with Gasteiger partial charge in [0, 0.05) is 0 Å². The molecule has 0 amide bonds. The first-order valence-electron chi connectivity index (χ1n) is 7.36. The van der Waals surface area contributed by atoms with Gasteiger partial charge in [0.25, 0.3) is 0 Å². The van der Waals surface area contributed by atoms with Crippen LogP contribution in [-0.4, -0.2) is 20.3 Å². The fourth-order valence-corrected chi connectivity index (χ4v) is 2.44. The average molecular weight is 285 g/mol. The van der Waals surface area contributed by atoms with Gasteiger partial charge in [-0.3, -0.25) is 0 Å². The fourth-order valence-electron chi connectivity index (χ4n) is 2.44. The van der Waals surface area contributed by atoms with Crippen molar-refractivity contribution in [2.45, 2.75) is 18.8 Å². The first kappa shape index (κ1) is 15.4. The lowest BCUT2D eigenvalue weighted by molar-refractivity contribution is 0.301. The molecule has 2 aromatic rings. The van der Waals surface area contributed by atoms with E-state index in [9.17, 15) is 0 Å². The highest BCUT2D eigenvalue weighted by Gasteiger charge is 2.14. The molecule has 0 spiro atoms. The summed E-state index contributed by atoms with van der Waals surface area (Å²) in [5.41, 5.74) is 7.11. The Labute approximate surface area is 126 Å². The molecular formula is C18H23NO2. The quantitative estimate of drug-likeness (QED) is 0.754. The number of nitrogens with two attached hydrogens (primary N) is 1. The SMILES string of the molecule is COc1ccccc1C(CN)CCCOc1ccccc1. The van der Waals surface area contributed by atoms with E-state index in [1.165, 1.54) is 5.56 Å². The van der Waals surface area contributed by atoms with Gasteiger partial charge < -0.3 is 15.2 Å². The lowest BCUT2D eigenvalue weighted by Crippen LogP contribution is -2.14. The molecule has 0 fully saturated rings. The molecule has 112 valence electrons. The molecule has 0 aliphatic rings. The number of methoxy groups -OCH3 is 1. The number of rotatable bonds is 8. The molecule has 0 saturated heterocycles. The molecule has 3 nitrogen and oxygen atoms in total. The Morgan fingerprint density at radius 1 is 1.00 bits per heavy atom. The number of ether oxygens (including phenoxy) is 2. The molecule has 0 saturated carbocycles. The normalized spacial score (nSPS) is 11.9. The Balaban J connectivity index is 1.85. The highest BCUT2D eigenvalue weighted by molar-refractivity contribution is 5.36. The van der Waals surface area contributed by atoms with Crippen molar-refractivity contribution in [3.05, 3.63) is 60.2 Å². The van der Waals surface area contributed by atoms with Crippen molar-refractivity contribution in [1.82, 2.24) is 0 Å². The molecule has 2 N–H and O–H groups in total. The van der Waals surface area contributed by atoms with Crippen LogP contribution < -0.4 is 15.2 Å². The topological polar surface area (TPSA) is 44.5 Å². The summed E-state index contributed by atoms with van der Waals surface area (Å²) in [6.45, 7) is 1.32. The summed E-state index contributed by atoms with van der Waals surface area (Å²) in [6, 6.07) is 18.0. The zero-order chi connectivity index (χ0) is 14.9. The zero-order valence-corrected chi connectivity index (χ0v) is 12.5. The molecule has 2 aromatic carbocycles. The third-order valence-electron chi connectivity index (χ3n) is 3.57. The van der Waals surface area contributed by atoms with Gasteiger partial charge in [0.1, 0.15) is 11.5 Å². The second-order valence-electron chi connectivity index (χ2n) is 4.98. The second-order valence-corrected chi connectivity index (χ2v) is 4.98. The van der Waals surface area contributed by atoms with Crippen molar-refractivity contribution in [1.29, 1.82) is 0 Å². The van der Waals surface area contributed by atoms with Gasteiger partial charge in [-0.05, 0) is 49.1 Å². The molecule has 21 heavy (non-hydrogen) atoms. The van der Waals surface area contributed by atoms with Crippen molar-refractivity contribution >= 4 is 0 Å². The monoisotopic (exact) mass is 285 g/mol. The van der Waals surface area contributed by atoms with E-state index in [-0.39, 0.29) is 0 Å². The third kappa shape index (κ3) is 4.50. The van der Waals surface area contributed by atoms with E-state index in [1.54, 1.807) is 7.11 Å². The minimum Gasteiger partial charge on any atom is -0.496 e. The summed E-state index contributed by atoms with van der Waals surface area (Å²) in [4.78, 5) is 0. The smallest absolute Gasteiger partial charge is 0.122 e. The van der Waals surface area contributed by atoms with Crippen LogP contribution in [0.1, 0.15) is 24.3 Å². The van der Waals surface area contributed by atoms with Gasteiger partial charge in [-0.1, -0.05) is 36.4 Å². The summed E-state index contributed by atoms with van der Waals surface area (Å²) in [5, 5.41) is 0. The van der Waals surface area contributed by atoms with E-state index in [2.05, 4.69) is 6.07 Å². The molecule has 3 heteroatoms. The van der Waals surface area contributed by atoms with E-state index in [1.807, 2.05) is 48.5 Å². The van der Waals surface area contributed by atoms with E-state index >= 15 is 0 Å². The maximum atomic E-state index is 5.93. The standard InChI is InChI=1S/C18H23NO2/c1-20-18-12-6-5-11-17(18)15(14-19)8-7-13-21-16-9-3-2-4-10-16/h2-6,9-12,15H,7-8,13-14,19H2,1H3. The first-order valence-corrected chi connectivity index (χ1v) is 7.36. The highest BCUT2D eigenvalue weighted by Crippen LogP contribution is 2.29. The Kier molecular flexibility index (Phi) is 6.10. The molecule has 0 aliphatic carbocycles. The minimum atomic E-state index is 0.306. The van der Waals surface area contributed by atoms with Gasteiger partial charge in [-0.2, -0.15) is 0 Å². The summed E-state index contributed by atoms with van der Waals surface area (Å²) >= 11 is 0. The van der Waals surface area contributed by atoms with E-state index in [0.29, 0.717) is 19.1 Å². The van der Waals surface area contributed by atoms with Gasteiger partial charge in [0.2, 0.25) is 0 Å². The lowest BCUT2D eigenvalue weighted by atomic mass is 9.93. The summed E-state index contributed by atoms with van der Waals surface area (Å²) in [7, 11) is 1.70. The predicted octanol–water partition coefficient (Wildman–Crippen LogP) is 3.60. The lowest BCUT2D eigenvalue weighted by Gasteiger charge is -2.18. The van der Waals surface area contributed by atoms with E-state index in [0.717, 1.165) is 24.3 Å². The predicted molar refractivity (Wildman–Crippen MR) is 86.0 cm³/mol. The average Bonchev–Trinajstić information content (AvgIpc) is 2.56. The van der Waals surface area contributed by atoms with Crippen LogP contribution in [0.4, 0.5) is 0 Å². The van der Waals surface area contributed by atoms with Crippen molar-refractivity contribution < 1.29 is 9.47 Å². The Hall–Kier alpha value is -2.00. The molecular weight excluding hydrogens is 262 g/mol. The van der Waals surface area contributed by atoms with E-state index in [4.69, 9.17) is 15.2 Å². The van der Waals surface area contributed by atoms with Gasteiger partial charge in [-0.15, -0.1) is 0 Å². The van der Waals surface area contributed by atoms with E-state index < -0.39 is 0 Å². The molecule has 0 aliphatic heterocycles. The Morgan fingerprint density at radius 3 is 2.43 bits per heavy atom. The Bertz CT molecular complexity index is 528. The summed E-state index contributed by atoms with van der Waals surface area (Å²) in [5.74, 6) is 2.14. The second kappa shape index (κ2) is 8.32. The van der Waals surface area contributed by atoms with Crippen molar-refractivity contribution in [3.8, 4) is 11.5 Å². The van der Waals surface area contributed by atoms with Crippen LogP contribution in [0.25, 0.3) is 0 Å². The molecule has 1 unspecified atom stereocenters. The van der Waals surface area contributed by atoms with Crippen LogP contribution >= 0.6 is 0 Å². The summed E-state index contributed by atoms with van der Waals surface area (Å²) in [6.07, 6.45) is 1.96. The minimum absolute atomic E-state index is 0.306. The molecule has 1 atom stereocenters. The van der Waals surface area contributed by atoms with Gasteiger partial charge >= 0.3 is 0 Å². The molecule has 0 aromatic heterocycles. The molecule has 0 radical (unpaired) electrons. The number of hydrogen-bond acceptors (Lipinski definition) is 3. The highest BCUT2D eigenvalue weighted by atomic mass is 16.5. The van der Waals surface area contributed by atoms with Crippen molar-refractivity contribution in [3.63, 3.8) is 0 Å². The largest absolute Gasteiger partial charge is 0.496 e. The molecule has 2 rings (SSSR count). The maximum Gasteiger partial charge on any atom is 0.122 e. The Morgan fingerprint density at radius 2 is 1.71 bits per heavy atom. The van der Waals surface area contributed by atoms with Crippen LogP contribution in [0.5, 0.6) is 11.5 Å². The third-order valence-corrected chi connectivity index (χ3v) is 3.57. The van der Waals surface area contributed by atoms with Crippen LogP contribution in [0, 0.1) is 0 Å². The van der Waals surface area contributed by atoms with Gasteiger partial charge in [0.15, 0.2) is 0 Å². The zero-order valence-electron chi connectivity index (χ0n) is 12.5. The number of para-hydroxylation sites is 2. The van der Waals surface area contributed by atoms with Crippen LogP contribution in [0.2, 0.25) is 0 Å². The molecule has 0 heterocycles.